The van der Waals surface area contributed by atoms with Crippen molar-refractivity contribution in [2.24, 2.45) is 0 Å². The molecule has 5 heteroatoms. The number of hydrogen-bond acceptors (Lipinski definition) is 3. The molecular formula is C22H24N2O3. The van der Waals surface area contributed by atoms with Gasteiger partial charge in [0.15, 0.2) is 0 Å². The van der Waals surface area contributed by atoms with E-state index in [4.69, 9.17) is 4.74 Å². The number of ether oxygens (including phenoxy) is 1. The third kappa shape index (κ3) is 3.54. The number of carbonyl (C=O) groups excluding carboxylic acids is 2. The summed E-state index contributed by atoms with van der Waals surface area (Å²) in [6, 6.07) is 17.1. The van der Waals surface area contributed by atoms with Gasteiger partial charge in [-0.2, -0.15) is 0 Å². The van der Waals surface area contributed by atoms with Crippen molar-refractivity contribution in [3.8, 4) is 5.75 Å². The quantitative estimate of drug-likeness (QED) is 0.820. The van der Waals surface area contributed by atoms with Gasteiger partial charge in [-0.3, -0.25) is 9.59 Å². The summed E-state index contributed by atoms with van der Waals surface area (Å²) in [5.74, 6) is 0.933. The molecule has 0 aliphatic carbocycles. The smallest absolute Gasteiger partial charge is 0.246 e. The third-order valence-electron chi connectivity index (χ3n) is 5.45. The third-order valence-corrected chi connectivity index (χ3v) is 5.45. The maximum atomic E-state index is 12.8. The molecule has 0 spiro atoms. The summed E-state index contributed by atoms with van der Waals surface area (Å²) >= 11 is 0. The van der Waals surface area contributed by atoms with Crippen LogP contribution < -0.4 is 4.74 Å². The van der Waals surface area contributed by atoms with Gasteiger partial charge in [-0.25, -0.2) is 0 Å². The molecular weight excluding hydrogens is 340 g/mol. The molecule has 0 bridgehead atoms. The van der Waals surface area contributed by atoms with E-state index in [1.54, 1.807) is 9.80 Å². The minimum atomic E-state index is -0.402. The van der Waals surface area contributed by atoms with Gasteiger partial charge in [0, 0.05) is 13.1 Å². The first-order valence-electron chi connectivity index (χ1n) is 9.50. The van der Waals surface area contributed by atoms with Crippen LogP contribution in [0.5, 0.6) is 5.75 Å². The van der Waals surface area contributed by atoms with Gasteiger partial charge in [-0.15, -0.1) is 0 Å². The molecule has 2 aromatic rings. The van der Waals surface area contributed by atoms with Gasteiger partial charge in [-0.1, -0.05) is 42.5 Å². The zero-order valence-corrected chi connectivity index (χ0v) is 15.5. The highest BCUT2D eigenvalue weighted by atomic mass is 16.5. The second-order valence-corrected chi connectivity index (χ2v) is 7.25. The normalized spacial score (nSPS) is 22.1. The molecule has 2 heterocycles. The molecule has 2 aliphatic rings. The average molecular weight is 364 g/mol. The van der Waals surface area contributed by atoms with Gasteiger partial charge in [0.2, 0.25) is 11.8 Å². The molecule has 2 amide bonds. The van der Waals surface area contributed by atoms with E-state index in [1.807, 2.05) is 61.5 Å². The molecule has 4 rings (SSSR count). The summed E-state index contributed by atoms with van der Waals surface area (Å²) in [5.41, 5.74) is 2.12. The van der Waals surface area contributed by atoms with E-state index in [9.17, 15) is 9.59 Å². The Morgan fingerprint density at radius 2 is 1.70 bits per heavy atom. The predicted octanol–water partition coefficient (Wildman–Crippen LogP) is 2.99. The molecule has 2 saturated heterocycles. The maximum absolute atomic E-state index is 12.8. The zero-order chi connectivity index (χ0) is 18.8. The summed E-state index contributed by atoms with van der Waals surface area (Å²) < 4.78 is 5.81. The van der Waals surface area contributed by atoms with Gasteiger partial charge in [0.05, 0.1) is 0 Å². The van der Waals surface area contributed by atoms with E-state index in [1.165, 1.54) is 0 Å². The lowest BCUT2D eigenvalue weighted by atomic mass is 10.0. The lowest BCUT2D eigenvalue weighted by molar-refractivity contribution is -0.159. The Morgan fingerprint density at radius 1 is 0.963 bits per heavy atom. The van der Waals surface area contributed by atoms with Crippen LogP contribution in [0.2, 0.25) is 0 Å². The van der Waals surface area contributed by atoms with Gasteiger partial charge >= 0.3 is 0 Å². The van der Waals surface area contributed by atoms with Crippen LogP contribution in [0.15, 0.2) is 54.6 Å². The van der Waals surface area contributed by atoms with Gasteiger partial charge in [0.25, 0.3) is 0 Å². The molecule has 0 N–H and O–H groups in total. The molecule has 2 aromatic carbocycles. The molecule has 2 atom stereocenters. The van der Waals surface area contributed by atoms with Crippen LogP contribution in [-0.4, -0.2) is 40.2 Å². The summed E-state index contributed by atoms with van der Waals surface area (Å²) in [6.07, 6.45) is 1.69. The number of piperazine rings is 1. The minimum Gasteiger partial charge on any atom is -0.489 e. The number of rotatable bonds is 5. The maximum Gasteiger partial charge on any atom is 0.246 e. The van der Waals surface area contributed by atoms with Crippen molar-refractivity contribution in [1.29, 1.82) is 0 Å². The Balaban J connectivity index is 1.40. The van der Waals surface area contributed by atoms with E-state index < -0.39 is 6.04 Å². The zero-order valence-electron chi connectivity index (χ0n) is 15.5. The van der Waals surface area contributed by atoms with Crippen LogP contribution in [0.1, 0.15) is 30.9 Å². The van der Waals surface area contributed by atoms with Gasteiger partial charge in [-0.05, 0) is 43.0 Å². The highest BCUT2D eigenvalue weighted by Crippen LogP contribution is 2.28. The molecule has 5 nitrogen and oxygen atoms in total. The highest BCUT2D eigenvalue weighted by Gasteiger charge is 2.45. The van der Waals surface area contributed by atoms with Crippen molar-refractivity contribution in [3.63, 3.8) is 0 Å². The second-order valence-electron chi connectivity index (χ2n) is 7.25. The molecule has 0 aromatic heterocycles. The number of carbonyl (C=O) groups is 2. The Bertz CT molecular complexity index is 819. The lowest BCUT2D eigenvalue weighted by Gasteiger charge is -2.41. The predicted molar refractivity (Wildman–Crippen MR) is 102 cm³/mol. The molecule has 2 aliphatic heterocycles. The van der Waals surface area contributed by atoms with Crippen LogP contribution in [0, 0.1) is 0 Å². The Morgan fingerprint density at radius 3 is 2.44 bits per heavy atom. The number of amides is 2. The molecule has 0 unspecified atom stereocenters. The molecule has 2 fully saturated rings. The summed E-state index contributed by atoms with van der Waals surface area (Å²) in [4.78, 5) is 28.8. The molecule has 140 valence electrons. The average Bonchev–Trinajstić information content (AvgIpc) is 3.20. The standard InChI is InChI=1S/C22H24N2O3/c1-16-21(25)23-13-5-8-20(23)22(26)24(16)14-17-9-11-19(12-10-17)27-15-18-6-3-2-4-7-18/h2-4,6-7,9-12,16,20H,5,8,13-15H2,1H3/t16-,20+/m0/s1. The highest BCUT2D eigenvalue weighted by molar-refractivity contribution is 5.97. The fourth-order valence-corrected chi connectivity index (χ4v) is 3.89. The van der Waals surface area contributed by atoms with Crippen molar-refractivity contribution >= 4 is 11.8 Å². The van der Waals surface area contributed by atoms with Gasteiger partial charge < -0.3 is 14.5 Å². The number of nitrogens with zero attached hydrogens (tertiary/aromatic N) is 2. The number of fused-ring (bicyclic) bond motifs is 1. The van der Waals surface area contributed by atoms with Crippen LogP contribution in [0.4, 0.5) is 0 Å². The first-order chi connectivity index (χ1) is 13.1. The summed E-state index contributed by atoms with van der Waals surface area (Å²) in [6.45, 7) is 3.51. The first-order valence-corrected chi connectivity index (χ1v) is 9.50. The van der Waals surface area contributed by atoms with E-state index in [2.05, 4.69) is 0 Å². The van der Waals surface area contributed by atoms with Crippen LogP contribution >= 0.6 is 0 Å². The number of benzene rings is 2. The number of hydrogen-bond donors (Lipinski definition) is 0. The van der Waals surface area contributed by atoms with E-state index in [0.29, 0.717) is 19.7 Å². The van der Waals surface area contributed by atoms with Crippen molar-refractivity contribution in [3.05, 3.63) is 65.7 Å². The van der Waals surface area contributed by atoms with E-state index in [0.717, 1.165) is 29.7 Å². The molecule has 27 heavy (non-hydrogen) atoms. The Kier molecular flexibility index (Phi) is 4.84. The van der Waals surface area contributed by atoms with Gasteiger partial charge in [0.1, 0.15) is 24.4 Å². The topological polar surface area (TPSA) is 49.9 Å². The first kappa shape index (κ1) is 17.6. The largest absolute Gasteiger partial charge is 0.489 e. The monoisotopic (exact) mass is 364 g/mol. The lowest BCUT2D eigenvalue weighted by Crippen LogP contribution is -2.61. The SMILES string of the molecule is C[C@H]1C(=O)N2CCC[C@@H]2C(=O)N1Cc1ccc(OCc2ccccc2)cc1. The summed E-state index contributed by atoms with van der Waals surface area (Å²) in [7, 11) is 0. The second kappa shape index (κ2) is 7.43. The Labute approximate surface area is 159 Å². The fourth-order valence-electron chi connectivity index (χ4n) is 3.89. The van der Waals surface area contributed by atoms with Crippen LogP contribution in [0.3, 0.4) is 0 Å². The van der Waals surface area contributed by atoms with E-state index in [-0.39, 0.29) is 17.9 Å². The minimum absolute atomic E-state index is 0.0694. The summed E-state index contributed by atoms with van der Waals surface area (Å²) in [5, 5.41) is 0. The van der Waals surface area contributed by atoms with Crippen LogP contribution in [-0.2, 0) is 22.7 Å². The van der Waals surface area contributed by atoms with E-state index >= 15 is 0 Å². The fraction of sp³-hybridized carbons (Fsp3) is 0.364. The van der Waals surface area contributed by atoms with Crippen molar-refractivity contribution in [1.82, 2.24) is 9.80 Å². The molecule has 0 radical (unpaired) electrons. The van der Waals surface area contributed by atoms with Crippen molar-refractivity contribution in [2.45, 2.75) is 45.0 Å². The van der Waals surface area contributed by atoms with Crippen LogP contribution in [0.25, 0.3) is 0 Å². The Hall–Kier alpha value is -2.82. The van der Waals surface area contributed by atoms with Crippen molar-refractivity contribution in [2.75, 3.05) is 6.54 Å². The molecule has 0 saturated carbocycles. The van der Waals surface area contributed by atoms with Crippen molar-refractivity contribution < 1.29 is 14.3 Å².